The van der Waals surface area contributed by atoms with Gasteiger partial charge in [-0.25, -0.2) is 0 Å². The summed E-state index contributed by atoms with van der Waals surface area (Å²) in [5.41, 5.74) is 4.16. The quantitative estimate of drug-likeness (QED) is 0.206. The molecule has 0 bridgehead atoms. The van der Waals surface area contributed by atoms with Gasteiger partial charge in [0, 0.05) is 60.4 Å². The van der Waals surface area contributed by atoms with Gasteiger partial charge in [0.25, 0.3) is 0 Å². The molecule has 0 saturated carbocycles. The summed E-state index contributed by atoms with van der Waals surface area (Å²) in [6.07, 6.45) is 10.8. The van der Waals surface area contributed by atoms with Gasteiger partial charge in [0.15, 0.2) is 0 Å². The summed E-state index contributed by atoms with van der Waals surface area (Å²) in [5.74, 6) is -0.0131. The summed E-state index contributed by atoms with van der Waals surface area (Å²) >= 11 is 0. The third-order valence-corrected chi connectivity index (χ3v) is 9.38. The van der Waals surface area contributed by atoms with Crippen LogP contribution >= 0.6 is 0 Å². The van der Waals surface area contributed by atoms with Crippen LogP contribution in [-0.4, -0.2) is 78.8 Å². The minimum Gasteiger partial charge on any atom is -0.416 e. The molecule has 0 aliphatic carbocycles. The number of amides is 4. The fraction of sp³-hybridized carbons (Fsp3) is 0.282. The molecule has 2 aliphatic rings. The van der Waals surface area contributed by atoms with Crippen LogP contribution in [0.25, 0.3) is 22.9 Å². The largest absolute Gasteiger partial charge is 0.416 e. The van der Waals surface area contributed by atoms with Crippen LogP contribution in [0, 0.1) is 0 Å². The number of rotatable bonds is 10. The monoisotopic (exact) mass is 698 g/mol. The van der Waals surface area contributed by atoms with Crippen molar-refractivity contribution in [3.8, 4) is 22.9 Å². The molecule has 2 fully saturated rings. The first-order valence-electron chi connectivity index (χ1n) is 17.4. The molecule has 7 rings (SSSR count). The van der Waals surface area contributed by atoms with Gasteiger partial charge in [0.1, 0.15) is 12.1 Å². The molecule has 2 N–H and O–H groups in total. The Morgan fingerprint density at radius 3 is 1.54 bits per heavy atom. The molecule has 2 unspecified atom stereocenters. The molecule has 264 valence electrons. The number of hydrogen-bond acceptors (Lipinski definition) is 9. The number of likely N-dealkylation sites (tertiary alicyclic amines) is 2. The van der Waals surface area contributed by atoms with Gasteiger partial charge in [-0.1, -0.05) is 12.1 Å². The van der Waals surface area contributed by atoms with E-state index in [9.17, 15) is 19.2 Å². The topological polar surface area (TPSA) is 164 Å². The lowest BCUT2D eigenvalue weighted by Crippen LogP contribution is -2.50. The van der Waals surface area contributed by atoms with Crippen LogP contribution in [-0.2, 0) is 32.0 Å². The van der Waals surface area contributed by atoms with E-state index in [1.54, 1.807) is 95.3 Å². The van der Waals surface area contributed by atoms with Crippen molar-refractivity contribution in [2.75, 3.05) is 23.7 Å². The Labute approximate surface area is 300 Å². The number of pyridine rings is 2. The maximum absolute atomic E-state index is 13.3. The molecule has 52 heavy (non-hydrogen) atoms. The molecule has 13 heteroatoms. The molecule has 5 aromatic rings. The van der Waals surface area contributed by atoms with Crippen LogP contribution < -0.4 is 10.6 Å². The summed E-state index contributed by atoms with van der Waals surface area (Å²) < 4.78 is 5.96. The Bertz CT molecular complexity index is 2020. The van der Waals surface area contributed by atoms with Gasteiger partial charge in [0.05, 0.1) is 12.8 Å². The first-order valence-corrected chi connectivity index (χ1v) is 17.4. The highest BCUT2D eigenvalue weighted by Gasteiger charge is 2.34. The molecular formula is C39H38N8O5. The first kappa shape index (κ1) is 34.2. The summed E-state index contributed by atoms with van der Waals surface area (Å²) in [6.45, 7) is 1.09. The Kier molecular flexibility index (Phi) is 10.4. The zero-order chi connectivity index (χ0) is 35.9. The van der Waals surface area contributed by atoms with Crippen LogP contribution in [0.2, 0.25) is 0 Å². The van der Waals surface area contributed by atoms with E-state index in [2.05, 4.69) is 30.8 Å². The van der Waals surface area contributed by atoms with Crippen molar-refractivity contribution < 1.29 is 23.6 Å². The van der Waals surface area contributed by atoms with Crippen molar-refractivity contribution in [2.45, 2.75) is 57.0 Å². The normalized spacial score (nSPS) is 17.1. The van der Waals surface area contributed by atoms with Crippen LogP contribution in [0.1, 0.15) is 43.2 Å². The third kappa shape index (κ3) is 8.04. The third-order valence-electron chi connectivity index (χ3n) is 9.38. The van der Waals surface area contributed by atoms with E-state index in [0.717, 1.165) is 30.4 Å². The molecule has 13 nitrogen and oxygen atoms in total. The number of anilines is 2. The Morgan fingerprint density at radius 1 is 0.615 bits per heavy atom. The van der Waals surface area contributed by atoms with E-state index in [0.29, 0.717) is 60.2 Å². The number of aromatic nitrogens is 4. The lowest BCUT2D eigenvalue weighted by Gasteiger charge is -2.34. The molecule has 4 amide bonds. The average molecular weight is 699 g/mol. The number of benzene rings is 2. The standard InChI is InChI=1S/C39H38N8O5/c48-34(22-26-6-3-18-40-24-26)46-20-2-1-8-32(46)36(50)42-30-14-10-28(11-15-30)38-44-45-39(52-38)29-12-16-31(17-13-29)43-37(51)33-9-5-21-47(33)35(49)23-27-7-4-19-41-25-27/h3-4,6-7,10-19,24-25,32-33H,1-2,5,8-9,20-23H2,(H,42,50)(H,43,51). The molecular weight excluding hydrogens is 660 g/mol. The second kappa shape index (κ2) is 15.8. The first-order chi connectivity index (χ1) is 25.4. The van der Waals surface area contributed by atoms with Crippen molar-refractivity contribution in [2.24, 2.45) is 0 Å². The SMILES string of the molecule is O=C(Nc1ccc(-c2nnc(-c3ccc(NC(=O)C4CCCN4C(=O)Cc4cccnc4)cc3)o2)cc1)C1CCCCN1C(=O)Cc1cccnc1. The van der Waals surface area contributed by atoms with Gasteiger partial charge < -0.3 is 24.9 Å². The smallest absolute Gasteiger partial charge is 0.248 e. The number of piperidine rings is 1. The van der Waals surface area contributed by atoms with Crippen molar-refractivity contribution in [1.29, 1.82) is 0 Å². The predicted octanol–water partition coefficient (Wildman–Crippen LogP) is 4.93. The number of nitrogens with one attached hydrogen (secondary N) is 2. The van der Waals surface area contributed by atoms with Crippen molar-refractivity contribution in [3.05, 3.63) is 109 Å². The van der Waals surface area contributed by atoms with Gasteiger partial charge in [-0.15, -0.1) is 10.2 Å². The molecule has 2 aromatic carbocycles. The fourth-order valence-corrected chi connectivity index (χ4v) is 6.70. The lowest BCUT2D eigenvalue weighted by molar-refractivity contribution is -0.139. The van der Waals surface area contributed by atoms with Gasteiger partial charge in [-0.3, -0.25) is 29.1 Å². The van der Waals surface area contributed by atoms with Crippen LogP contribution in [0.5, 0.6) is 0 Å². The van der Waals surface area contributed by atoms with Crippen molar-refractivity contribution in [1.82, 2.24) is 30.0 Å². The average Bonchev–Trinajstić information content (AvgIpc) is 3.88. The van der Waals surface area contributed by atoms with E-state index < -0.39 is 12.1 Å². The Morgan fingerprint density at radius 2 is 1.08 bits per heavy atom. The van der Waals surface area contributed by atoms with Gasteiger partial charge in [0.2, 0.25) is 35.4 Å². The van der Waals surface area contributed by atoms with Gasteiger partial charge in [-0.05, 0) is 104 Å². The lowest BCUT2D eigenvalue weighted by atomic mass is 10.00. The van der Waals surface area contributed by atoms with E-state index in [1.165, 1.54) is 0 Å². The highest BCUT2D eigenvalue weighted by atomic mass is 16.4. The van der Waals surface area contributed by atoms with Crippen molar-refractivity contribution >= 4 is 35.0 Å². The minimum absolute atomic E-state index is 0.0867. The molecule has 0 spiro atoms. The number of carbonyl (C=O) groups is 4. The molecule has 3 aromatic heterocycles. The highest BCUT2D eigenvalue weighted by molar-refractivity contribution is 5.98. The van der Waals surface area contributed by atoms with E-state index in [-0.39, 0.29) is 36.5 Å². The Hall–Kier alpha value is -6.24. The summed E-state index contributed by atoms with van der Waals surface area (Å²) in [5, 5.41) is 14.3. The molecule has 2 atom stereocenters. The van der Waals surface area contributed by atoms with E-state index in [1.807, 2.05) is 12.1 Å². The van der Waals surface area contributed by atoms with Crippen LogP contribution in [0.4, 0.5) is 11.4 Å². The summed E-state index contributed by atoms with van der Waals surface area (Å²) in [6, 6.07) is 20.4. The van der Waals surface area contributed by atoms with Crippen LogP contribution in [0.15, 0.2) is 102 Å². The second-order valence-electron chi connectivity index (χ2n) is 13.0. The predicted molar refractivity (Wildman–Crippen MR) is 192 cm³/mol. The maximum atomic E-state index is 13.3. The zero-order valence-electron chi connectivity index (χ0n) is 28.5. The van der Waals surface area contributed by atoms with Gasteiger partial charge in [-0.2, -0.15) is 0 Å². The molecule has 2 saturated heterocycles. The van der Waals surface area contributed by atoms with Crippen LogP contribution in [0.3, 0.4) is 0 Å². The second-order valence-corrected chi connectivity index (χ2v) is 13.0. The molecule has 5 heterocycles. The number of nitrogens with zero attached hydrogens (tertiary/aromatic N) is 6. The van der Waals surface area contributed by atoms with E-state index >= 15 is 0 Å². The summed E-state index contributed by atoms with van der Waals surface area (Å²) in [4.78, 5) is 64.0. The Balaban J connectivity index is 0.934. The number of hydrogen-bond donors (Lipinski definition) is 2. The van der Waals surface area contributed by atoms with Gasteiger partial charge >= 0.3 is 0 Å². The molecule has 2 aliphatic heterocycles. The fourth-order valence-electron chi connectivity index (χ4n) is 6.70. The van der Waals surface area contributed by atoms with E-state index in [4.69, 9.17) is 4.42 Å². The maximum Gasteiger partial charge on any atom is 0.248 e. The molecule has 0 radical (unpaired) electrons. The summed E-state index contributed by atoms with van der Waals surface area (Å²) in [7, 11) is 0. The minimum atomic E-state index is -0.541. The van der Waals surface area contributed by atoms with Crippen molar-refractivity contribution in [3.63, 3.8) is 0 Å². The number of carbonyl (C=O) groups excluding carboxylic acids is 4. The zero-order valence-corrected chi connectivity index (χ0v) is 28.5. The highest BCUT2D eigenvalue weighted by Crippen LogP contribution is 2.27.